The highest BCUT2D eigenvalue weighted by Crippen LogP contribution is 2.53. The van der Waals surface area contributed by atoms with E-state index in [1.807, 2.05) is 12.1 Å². The first-order valence-electron chi connectivity index (χ1n) is 17.0. The Kier molecular flexibility index (Phi) is 7.45. The highest BCUT2D eigenvalue weighted by atomic mass is 15.2. The zero-order chi connectivity index (χ0) is 33.4. The minimum Gasteiger partial charge on any atom is -0.385 e. The monoisotopic (exact) mass is 645 g/mol. The summed E-state index contributed by atoms with van der Waals surface area (Å²) < 4.78 is 2.25. The van der Waals surface area contributed by atoms with Crippen LogP contribution < -0.4 is 16.0 Å². The SMILES string of the molecule is N/C(=C\C(NCc1ccccc1)c1ccccc1)n1c2c(c3ccccc31)-c1ccccc1N(c1ccc3ccccc3n1)c1ccccc1-2. The van der Waals surface area contributed by atoms with Gasteiger partial charge in [0.15, 0.2) is 0 Å². The van der Waals surface area contributed by atoms with Crippen LogP contribution in [0.25, 0.3) is 50.0 Å². The fourth-order valence-corrected chi connectivity index (χ4v) is 7.34. The van der Waals surface area contributed by atoms with Gasteiger partial charge < -0.3 is 11.1 Å². The van der Waals surface area contributed by atoms with Crippen molar-refractivity contribution in [2.75, 3.05) is 4.90 Å². The predicted molar refractivity (Wildman–Crippen MR) is 207 cm³/mol. The standard InChI is InChI=1S/C45H35N5/c46-42(29-38(32-17-5-2-6-18-32)47-30-31-15-3-1-4-16-31)50-40-25-13-9-21-35(40)44-34-20-8-12-24-39(34)49(41-26-14-10-22-36(41)45(44)50)43-28-27-33-19-7-11-23-37(33)48-43/h1-29,38,47H,30,46H2/b42-29+. The molecule has 0 radical (unpaired) electrons. The molecule has 6 aromatic carbocycles. The van der Waals surface area contributed by atoms with E-state index in [1.54, 1.807) is 0 Å². The summed E-state index contributed by atoms with van der Waals surface area (Å²) in [5.41, 5.74) is 18.2. The zero-order valence-electron chi connectivity index (χ0n) is 27.4. The second kappa shape index (κ2) is 12.5. The average Bonchev–Trinajstić information content (AvgIpc) is 3.46. The second-order valence-corrected chi connectivity index (χ2v) is 12.7. The Morgan fingerprint density at radius 2 is 1.28 bits per heavy atom. The van der Waals surface area contributed by atoms with Crippen LogP contribution in [0.1, 0.15) is 17.2 Å². The van der Waals surface area contributed by atoms with Gasteiger partial charge in [0.05, 0.1) is 34.1 Å². The maximum atomic E-state index is 7.33. The van der Waals surface area contributed by atoms with Gasteiger partial charge in [-0.3, -0.25) is 9.47 Å². The molecule has 9 rings (SSSR count). The molecule has 1 aliphatic rings. The zero-order valence-corrected chi connectivity index (χ0v) is 27.4. The molecule has 1 unspecified atom stereocenters. The van der Waals surface area contributed by atoms with E-state index in [0.717, 1.165) is 66.9 Å². The van der Waals surface area contributed by atoms with Gasteiger partial charge in [0, 0.05) is 34.0 Å². The highest BCUT2D eigenvalue weighted by molar-refractivity contribution is 6.13. The molecule has 0 saturated heterocycles. The van der Waals surface area contributed by atoms with Crippen molar-refractivity contribution in [2.24, 2.45) is 5.73 Å². The third-order valence-corrected chi connectivity index (χ3v) is 9.63. The summed E-state index contributed by atoms with van der Waals surface area (Å²) in [6.45, 7) is 0.707. The fourth-order valence-electron chi connectivity index (χ4n) is 7.34. The van der Waals surface area contributed by atoms with Crippen LogP contribution in [-0.4, -0.2) is 9.55 Å². The fraction of sp³-hybridized carbons (Fsp3) is 0.0444. The Morgan fingerprint density at radius 1 is 0.640 bits per heavy atom. The van der Waals surface area contributed by atoms with Crippen LogP contribution in [0.4, 0.5) is 17.2 Å². The van der Waals surface area contributed by atoms with E-state index in [4.69, 9.17) is 10.7 Å². The lowest BCUT2D eigenvalue weighted by atomic mass is 9.98. The number of pyridine rings is 1. The first-order valence-corrected chi connectivity index (χ1v) is 17.0. The van der Waals surface area contributed by atoms with Crippen molar-refractivity contribution in [3.05, 3.63) is 187 Å². The molecular weight excluding hydrogens is 611 g/mol. The number of anilines is 3. The van der Waals surface area contributed by atoms with E-state index in [2.05, 4.69) is 179 Å². The topological polar surface area (TPSA) is 59.1 Å². The van der Waals surface area contributed by atoms with Gasteiger partial charge in [0.2, 0.25) is 0 Å². The van der Waals surface area contributed by atoms with Crippen molar-refractivity contribution >= 4 is 44.8 Å². The molecule has 3 heterocycles. The maximum Gasteiger partial charge on any atom is 0.138 e. The normalized spacial score (nSPS) is 13.0. The molecule has 0 saturated carbocycles. The molecule has 0 fully saturated rings. The van der Waals surface area contributed by atoms with Crippen LogP contribution in [-0.2, 0) is 6.54 Å². The molecule has 1 atom stereocenters. The maximum absolute atomic E-state index is 7.33. The van der Waals surface area contributed by atoms with E-state index < -0.39 is 0 Å². The van der Waals surface area contributed by atoms with Gasteiger partial charge >= 0.3 is 0 Å². The smallest absolute Gasteiger partial charge is 0.138 e. The minimum absolute atomic E-state index is 0.125. The molecule has 8 aromatic rings. The van der Waals surface area contributed by atoms with Crippen molar-refractivity contribution in [3.63, 3.8) is 0 Å². The lowest BCUT2D eigenvalue weighted by molar-refractivity contribution is 0.620. The van der Waals surface area contributed by atoms with Crippen LogP contribution >= 0.6 is 0 Å². The minimum atomic E-state index is -0.125. The number of para-hydroxylation sites is 4. The third-order valence-electron chi connectivity index (χ3n) is 9.63. The molecule has 50 heavy (non-hydrogen) atoms. The number of hydrogen-bond acceptors (Lipinski definition) is 4. The van der Waals surface area contributed by atoms with E-state index in [9.17, 15) is 0 Å². The van der Waals surface area contributed by atoms with Crippen molar-refractivity contribution in [1.82, 2.24) is 14.9 Å². The molecule has 240 valence electrons. The van der Waals surface area contributed by atoms with E-state index >= 15 is 0 Å². The second-order valence-electron chi connectivity index (χ2n) is 12.7. The van der Waals surface area contributed by atoms with Crippen molar-refractivity contribution in [3.8, 4) is 22.4 Å². The Morgan fingerprint density at radius 3 is 2.10 bits per heavy atom. The summed E-state index contributed by atoms with van der Waals surface area (Å²) >= 11 is 0. The molecule has 0 aliphatic carbocycles. The summed E-state index contributed by atoms with van der Waals surface area (Å²) in [6.07, 6.45) is 2.16. The van der Waals surface area contributed by atoms with Gasteiger partial charge in [-0.2, -0.15) is 0 Å². The lowest BCUT2D eigenvalue weighted by Gasteiger charge is -2.26. The van der Waals surface area contributed by atoms with Crippen LogP contribution in [0, 0.1) is 0 Å². The highest BCUT2D eigenvalue weighted by Gasteiger charge is 2.32. The number of fused-ring (bicyclic) bond motifs is 8. The first kappa shape index (κ1) is 29.7. The first-order chi connectivity index (χ1) is 24.7. The molecule has 0 amide bonds. The van der Waals surface area contributed by atoms with Crippen LogP contribution in [0.15, 0.2) is 176 Å². The quantitative estimate of drug-likeness (QED) is 0.181. The molecule has 5 nitrogen and oxygen atoms in total. The summed E-state index contributed by atoms with van der Waals surface area (Å²) in [7, 11) is 0. The summed E-state index contributed by atoms with van der Waals surface area (Å²) in [5.74, 6) is 1.52. The van der Waals surface area contributed by atoms with Gasteiger partial charge in [-0.1, -0.05) is 133 Å². The van der Waals surface area contributed by atoms with Gasteiger partial charge in [-0.25, -0.2) is 4.98 Å². The average molecular weight is 646 g/mol. The van der Waals surface area contributed by atoms with Crippen molar-refractivity contribution in [1.29, 1.82) is 0 Å². The molecule has 1 aliphatic heterocycles. The van der Waals surface area contributed by atoms with Crippen molar-refractivity contribution in [2.45, 2.75) is 12.6 Å². The van der Waals surface area contributed by atoms with Crippen LogP contribution in [0.3, 0.4) is 0 Å². The van der Waals surface area contributed by atoms with Gasteiger partial charge in [-0.05, 0) is 53.6 Å². The van der Waals surface area contributed by atoms with Crippen LogP contribution in [0.2, 0.25) is 0 Å². The molecule has 3 N–H and O–H groups in total. The molecule has 0 bridgehead atoms. The summed E-state index contributed by atoms with van der Waals surface area (Å²) in [5, 5.41) is 6.03. The van der Waals surface area contributed by atoms with E-state index in [-0.39, 0.29) is 6.04 Å². The Balaban J connectivity index is 1.28. The lowest BCUT2D eigenvalue weighted by Crippen LogP contribution is -2.21. The third kappa shape index (κ3) is 5.12. The Hall–Kier alpha value is -6.43. The van der Waals surface area contributed by atoms with E-state index in [0.29, 0.717) is 12.4 Å². The predicted octanol–water partition coefficient (Wildman–Crippen LogP) is 10.6. The Labute approximate surface area is 291 Å². The van der Waals surface area contributed by atoms with E-state index in [1.165, 1.54) is 5.56 Å². The molecular formula is C45H35N5. The molecule has 5 heteroatoms. The number of rotatable bonds is 7. The number of nitrogens with two attached hydrogens (primary N) is 1. The Bertz CT molecular complexity index is 2520. The number of hydrogen-bond donors (Lipinski definition) is 2. The molecule has 0 spiro atoms. The van der Waals surface area contributed by atoms with Crippen LogP contribution in [0.5, 0.6) is 0 Å². The van der Waals surface area contributed by atoms with Gasteiger partial charge in [-0.15, -0.1) is 0 Å². The largest absolute Gasteiger partial charge is 0.385 e. The number of aromatic nitrogens is 2. The van der Waals surface area contributed by atoms with Gasteiger partial charge in [0.25, 0.3) is 0 Å². The molecule has 2 aromatic heterocycles. The number of nitrogens with zero attached hydrogens (tertiary/aromatic N) is 3. The summed E-state index contributed by atoms with van der Waals surface area (Å²) in [4.78, 5) is 7.49. The number of nitrogens with one attached hydrogen (secondary N) is 1. The van der Waals surface area contributed by atoms with Gasteiger partial charge in [0.1, 0.15) is 11.6 Å². The number of benzene rings is 6. The summed E-state index contributed by atoms with van der Waals surface area (Å²) in [6, 6.07) is 59.3. The van der Waals surface area contributed by atoms with Crippen molar-refractivity contribution < 1.29 is 0 Å².